The molecule has 5 heteroatoms. The second-order valence-electron chi connectivity index (χ2n) is 4.35. The third-order valence-corrected chi connectivity index (χ3v) is 3.14. The lowest BCUT2D eigenvalue weighted by Gasteiger charge is -2.16. The van der Waals surface area contributed by atoms with E-state index in [0.717, 1.165) is 17.5 Å². The number of likely N-dealkylation sites (N-methyl/N-ethyl adjacent to an activating group) is 1. The lowest BCUT2D eigenvalue weighted by atomic mass is 9.97. The molecule has 20 heavy (non-hydrogen) atoms. The summed E-state index contributed by atoms with van der Waals surface area (Å²) < 4.78 is 0. The maximum Gasteiger partial charge on any atom is 0.274 e. The highest BCUT2D eigenvalue weighted by molar-refractivity contribution is 5.85. The van der Waals surface area contributed by atoms with Crippen molar-refractivity contribution in [2.24, 2.45) is 0 Å². The number of hydrogen-bond acceptors (Lipinski definition) is 3. The summed E-state index contributed by atoms with van der Waals surface area (Å²) in [4.78, 5) is 10.7. The zero-order valence-electron chi connectivity index (χ0n) is 11.2. The minimum Gasteiger partial charge on any atom is -0.312 e. The quantitative estimate of drug-likeness (QED) is 0.677. The third kappa shape index (κ3) is 3.79. The lowest BCUT2D eigenvalue weighted by Crippen LogP contribution is -2.20. The Hall–Kier alpha value is -1.91. The molecule has 0 heterocycles. The number of rotatable bonds is 5. The van der Waals surface area contributed by atoms with Gasteiger partial charge in [0.05, 0.1) is 4.92 Å². The SMILES string of the molecule is CNC(Cc1ccccc1)c1ccccc1[N+](=O)[O-].Cl. The highest BCUT2D eigenvalue weighted by atomic mass is 35.5. The van der Waals surface area contributed by atoms with Crippen LogP contribution in [0, 0.1) is 10.1 Å². The van der Waals surface area contributed by atoms with Gasteiger partial charge in [-0.2, -0.15) is 0 Å². The van der Waals surface area contributed by atoms with Gasteiger partial charge in [-0.3, -0.25) is 10.1 Å². The van der Waals surface area contributed by atoms with Crippen molar-refractivity contribution in [1.82, 2.24) is 5.32 Å². The van der Waals surface area contributed by atoms with Gasteiger partial charge >= 0.3 is 0 Å². The fraction of sp³-hybridized carbons (Fsp3) is 0.200. The zero-order valence-corrected chi connectivity index (χ0v) is 12.0. The number of halogens is 1. The molecule has 1 unspecified atom stereocenters. The average Bonchev–Trinajstić information content (AvgIpc) is 2.46. The van der Waals surface area contributed by atoms with Crippen LogP contribution in [0.3, 0.4) is 0 Å². The molecule has 0 aliphatic rings. The molecule has 0 bridgehead atoms. The summed E-state index contributed by atoms with van der Waals surface area (Å²) in [5.41, 5.74) is 2.04. The van der Waals surface area contributed by atoms with Crippen molar-refractivity contribution in [2.75, 3.05) is 7.05 Å². The van der Waals surface area contributed by atoms with Crippen LogP contribution < -0.4 is 5.32 Å². The van der Waals surface area contributed by atoms with Crippen LogP contribution in [0.25, 0.3) is 0 Å². The molecule has 0 aromatic heterocycles. The highest BCUT2D eigenvalue weighted by Crippen LogP contribution is 2.27. The third-order valence-electron chi connectivity index (χ3n) is 3.14. The van der Waals surface area contributed by atoms with Crippen LogP contribution in [0.15, 0.2) is 54.6 Å². The second-order valence-corrected chi connectivity index (χ2v) is 4.35. The Balaban J connectivity index is 0.00000200. The Labute approximate surface area is 124 Å². The van der Waals surface area contributed by atoms with Gasteiger partial charge in [-0.1, -0.05) is 48.5 Å². The maximum absolute atomic E-state index is 11.1. The van der Waals surface area contributed by atoms with Gasteiger partial charge in [0, 0.05) is 17.7 Å². The number of nitro groups is 1. The molecule has 0 radical (unpaired) electrons. The summed E-state index contributed by atoms with van der Waals surface area (Å²) in [7, 11) is 1.82. The van der Waals surface area contributed by atoms with Crippen LogP contribution in [-0.2, 0) is 6.42 Å². The van der Waals surface area contributed by atoms with Gasteiger partial charge < -0.3 is 5.32 Å². The fourth-order valence-corrected chi connectivity index (χ4v) is 2.17. The van der Waals surface area contributed by atoms with Crippen molar-refractivity contribution in [1.29, 1.82) is 0 Å². The first-order chi connectivity index (χ1) is 9.22. The minimum absolute atomic E-state index is 0. The molecule has 2 rings (SSSR count). The molecular formula is C15H17ClN2O2. The smallest absolute Gasteiger partial charge is 0.274 e. The predicted octanol–water partition coefficient (Wildman–Crippen LogP) is 3.52. The van der Waals surface area contributed by atoms with Gasteiger partial charge in [-0.25, -0.2) is 0 Å². The van der Waals surface area contributed by atoms with E-state index in [2.05, 4.69) is 5.32 Å². The van der Waals surface area contributed by atoms with Crippen molar-refractivity contribution >= 4 is 18.1 Å². The molecule has 0 spiro atoms. The summed E-state index contributed by atoms with van der Waals surface area (Å²) >= 11 is 0. The Kier molecular flexibility index (Phi) is 6.15. The van der Waals surface area contributed by atoms with E-state index in [9.17, 15) is 10.1 Å². The molecular weight excluding hydrogens is 276 g/mol. The predicted molar refractivity (Wildman–Crippen MR) is 82.3 cm³/mol. The fourth-order valence-electron chi connectivity index (χ4n) is 2.17. The van der Waals surface area contributed by atoms with E-state index in [1.54, 1.807) is 12.1 Å². The first-order valence-corrected chi connectivity index (χ1v) is 6.17. The summed E-state index contributed by atoms with van der Waals surface area (Å²) in [5.74, 6) is 0. The van der Waals surface area contributed by atoms with Gasteiger partial charge in [-0.05, 0) is 19.0 Å². The summed E-state index contributed by atoms with van der Waals surface area (Å²) in [6, 6.07) is 16.8. The Morgan fingerprint density at radius 2 is 1.70 bits per heavy atom. The van der Waals surface area contributed by atoms with Crippen LogP contribution in [0.2, 0.25) is 0 Å². The number of para-hydroxylation sites is 1. The molecule has 0 aliphatic carbocycles. The molecule has 0 fully saturated rings. The maximum atomic E-state index is 11.1. The molecule has 0 saturated carbocycles. The largest absolute Gasteiger partial charge is 0.312 e. The second kappa shape index (κ2) is 7.62. The Bertz CT molecular complexity index is 561. The van der Waals surface area contributed by atoms with Gasteiger partial charge in [0.25, 0.3) is 5.69 Å². The standard InChI is InChI=1S/C15H16N2O2.ClH/c1-16-14(11-12-7-3-2-4-8-12)13-9-5-6-10-15(13)17(18)19;/h2-10,14,16H,11H2,1H3;1H. The molecule has 2 aromatic rings. The van der Waals surface area contributed by atoms with Gasteiger partial charge in [-0.15, -0.1) is 12.4 Å². The first-order valence-electron chi connectivity index (χ1n) is 6.17. The molecule has 4 nitrogen and oxygen atoms in total. The van der Waals surface area contributed by atoms with Gasteiger partial charge in [0.15, 0.2) is 0 Å². The van der Waals surface area contributed by atoms with Gasteiger partial charge in [0.2, 0.25) is 0 Å². The van der Waals surface area contributed by atoms with E-state index in [4.69, 9.17) is 0 Å². The highest BCUT2D eigenvalue weighted by Gasteiger charge is 2.20. The number of nitrogens with zero attached hydrogens (tertiary/aromatic N) is 1. The molecule has 1 atom stereocenters. The van der Waals surface area contributed by atoms with Crippen LogP contribution >= 0.6 is 12.4 Å². The number of hydrogen-bond donors (Lipinski definition) is 1. The van der Waals surface area contributed by atoms with Crippen molar-refractivity contribution in [3.63, 3.8) is 0 Å². The number of nitrogens with one attached hydrogen (secondary N) is 1. The molecule has 0 amide bonds. The summed E-state index contributed by atoms with van der Waals surface area (Å²) in [6.07, 6.45) is 0.724. The van der Waals surface area contributed by atoms with E-state index in [-0.39, 0.29) is 29.1 Å². The topological polar surface area (TPSA) is 55.2 Å². The number of nitro benzene ring substituents is 1. The zero-order chi connectivity index (χ0) is 13.7. The monoisotopic (exact) mass is 292 g/mol. The van der Waals surface area contributed by atoms with Crippen molar-refractivity contribution in [3.8, 4) is 0 Å². The van der Waals surface area contributed by atoms with E-state index in [0.29, 0.717) is 0 Å². The normalized spacial score (nSPS) is 11.4. The Morgan fingerprint density at radius 3 is 2.30 bits per heavy atom. The summed E-state index contributed by atoms with van der Waals surface area (Å²) in [5, 5.41) is 14.2. The van der Waals surface area contributed by atoms with Gasteiger partial charge in [0.1, 0.15) is 0 Å². The Morgan fingerprint density at radius 1 is 1.10 bits per heavy atom. The van der Waals surface area contributed by atoms with E-state index in [1.807, 2.05) is 49.5 Å². The molecule has 2 aromatic carbocycles. The molecule has 0 aliphatic heterocycles. The lowest BCUT2D eigenvalue weighted by molar-refractivity contribution is -0.385. The van der Waals surface area contributed by atoms with Crippen LogP contribution in [0.5, 0.6) is 0 Å². The van der Waals surface area contributed by atoms with E-state index in [1.165, 1.54) is 0 Å². The van der Waals surface area contributed by atoms with E-state index >= 15 is 0 Å². The summed E-state index contributed by atoms with van der Waals surface area (Å²) in [6.45, 7) is 0. The molecule has 1 N–H and O–H groups in total. The van der Waals surface area contributed by atoms with E-state index < -0.39 is 0 Å². The molecule has 106 valence electrons. The number of benzene rings is 2. The minimum atomic E-state index is -0.329. The average molecular weight is 293 g/mol. The van der Waals surface area contributed by atoms with Crippen LogP contribution in [-0.4, -0.2) is 12.0 Å². The van der Waals surface area contributed by atoms with Crippen molar-refractivity contribution < 1.29 is 4.92 Å². The molecule has 0 saturated heterocycles. The van der Waals surface area contributed by atoms with Crippen LogP contribution in [0.4, 0.5) is 5.69 Å². The first kappa shape index (κ1) is 16.1. The van der Waals surface area contributed by atoms with Crippen LogP contribution in [0.1, 0.15) is 17.2 Å². The van der Waals surface area contributed by atoms with Crippen molar-refractivity contribution in [3.05, 3.63) is 75.8 Å². The van der Waals surface area contributed by atoms with Crippen molar-refractivity contribution in [2.45, 2.75) is 12.5 Å².